The van der Waals surface area contributed by atoms with E-state index in [0.717, 1.165) is 6.42 Å². The molecule has 66 valence electrons. The molecule has 1 N–H and O–H groups in total. The third kappa shape index (κ3) is 6.23. The zero-order chi connectivity index (χ0) is 8.69. The van der Waals surface area contributed by atoms with Crippen LogP contribution in [0.25, 0.3) is 0 Å². The minimum Gasteiger partial charge on any atom is -0.345 e. The van der Waals surface area contributed by atoms with Gasteiger partial charge in [0.1, 0.15) is 0 Å². The fourth-order valence-corrected chi connectivity index (χ4v) is 1.55. The van der Waals surface area contributed by atoms with Crippen LogP contribution in [-0.2, 0) is 4.79 Å². The lowest BCUT2D eigenvalue weighted by molar-refractivity contribution is -0.119. The lowest BCUT2D eigenvalue weighted by Gasteiger charge is -2.13. The predicted octanol–water partition coefficient (Wildman–Crippen LogP) is 2.00. The smallest absolute Gasteiger partial charge is 0.217 e. The fourth-order valence-electron chi connectivity index (χ4n) is 0.865. The molecule has 3 heteroatoms. The van der Waals surface area contributed by atoms with Gasteiger partial charge >= 0.3 is 0 Å². The van der Waals surface area contributed by atoms with Crippen molar-refractivity contribution >= 4 is 17.7 Å². The molecule has 0 saturated carbocycles. The average molecular weight is 175 g/mol. The molecule has 0 spiro atoms. The highest BCUT2D eigenvalue weighted by molar-refractivity contribution is 7.99. The normalized spacial score (nSPS) is 12.6. The van der Waals surface area contributed by atoms with Crippen molar-refractivity contribution in [2.45, 2.75) is 38.5 Å². The largest absolute Gasteiger partial charge is 0.345 e. The van der Waals surface area contributed by atoms with Crippen molar-refractivity contribution in [1.82, 2.24) is 5.32 Å². The second kappa shape index (κ2) is 6.53. The van der Waals surface area contributed by atoms with E-state index in [4.69, 9.17) is 0 Å². The van der Waals surface area contributed by atoms with E-state index < -0.39 is 0 Å². The molecule has 0 heterocycles. The van der Waals surface area contributed by atoms with E-state index in [-0.39, 0.29) is 5.91 Å². The highest BCUT2D eigenvalue weighted by Crippen LogP contribution is 2.10. The fraction of sp³-hybridized carbons (Fsp3) is 0.875. The Morgan fingerprint density at radius 1 is 1.64 bits per heavy atom. The predicted molar refractivity (Wildman–Crippen MR) is 50.6 cm³/mol. The summed E-state index contributed by atoms with van der Waals surface area (Å²) in [5, 5.41) is 3.20. The van der Waals surface area contributed by atoms with Crippen LogP contribution in [0.3, 0.4) is 0 Å². The van der Waals surface area contributed by atoms with Gasteiger partial charge in [-0.15, -0.1) is 11.8 Å². The van der Waals surface area contributed by atoms with E-state index in [1.165, 1.54) is 12.8 Å². The van der Waals surface area contributed by atoms with Crippen molar-refractivity contribution in [1.29, 1.82) is 0 Å². The molecule has 0 radical (unpaired) electrons. The van der Waals surface area contributed by atoms with Gasteiger partial charge in [-0.25, -0.2) is 0 Å². The van der Waals surface area contributed by atoms with Gasteiger partial charge in [0, 0.05) is 6.92 Å². The Hall–Kier alpha value is -0.180. The van der Waals surface area contributed by atoms with E-state index in [1.54, 1.807) is 18.7 Å². The van der Waals surface area contributed by atoms with Gasteiger partial charge in [-0.1, -0.05) is 19.8 Å². The molecule has 0 aliphatic rings. The minimum absolute atomic E-state index is 0.0699. The molecule has 0 fully saturated rings. The zero-order valence-electron chi connectivity index (χ0n) is 7.52. The summed E-state index contributed by atoms with van der Waals surface area (Å²) >= 11 is 1.71. The monoisotopic (exact) mass is 175 g/mol. The number of rotatable bonds is 5. The number of nitrogens with one attached hydrogen (secondary N) is 1. The van der Waals surface area contributed by atoms with Crippen LogP contribution in [0.5, 0.6) is 0 Å². The summed E-state index contributed by atoms with van der Waals surface area (Å²) in [5.41, 5.74) is 0. The number of hydrogen-bond donors (Lipinski definition) is 1. The van der Waals surface area contributed by atoms with Crippen molar-refractivity contribution in [2.24, 2.45) is 0 Å². The molecule has 0 aromatic carbocycles. The average Bonchev–Trinajstić information content (AvgIpc) is 1.97. The van der Waals surface area contributed by atoms with Gasteiger partial charge in [-0.05, 0) is 12.7 Å². The van der Waals surface area contributed by atoms with Gasteiger partial charge in [-0.2, -0.15) is 0 Å². The van der Waals surface area contributed by atoms with Crippen LogP contribution in [0.15, 0.2) is 0 Å². The Morgan fingerprint density at radius 3 is 2.64 bits per heavy atom. The quantitative estimate of drug-likeness (QED) is 0.648. The zero-order valence-corrected chi connectivity index (χ0v) is 8.33. The number of amides is 1. The first-order valence-corrected chi connectivity index (χ1v) is 5.29. The number of carbonyl (C=O) groups excluding carboxylic acids is 1. The Labute approximate surface area is 73.1 Å². The van der Waals surface area contributed by atoms with Crippen LogP contribution < -0.4 is 5.32 Å². The van der Waals surface area contributed by atoms with Gasteiger partial charge in [0.2, 0.25) is 5.91 Å². The highest BCUT2D eigenvalue weighted by atomic mass is 32.2. The first-order chi connectivity index (χ1) is 5.20. The lowest BCUT2D eigenvalue weighted by Crippen LogP contribution is -2.29. The summed E-state index contributed by atoms with van der Waals surface area (Å²) < 4.78 is 0. The second-order valence-electron chi connectivity index (χ2n) is 2.57. The van der Waals surface area contributed by atoms with E-state index in [1.807, 2.05) is 6.26 Å². The van der Waals surface area contributed by atoms with Crippen LogP contribution in [0, 0.1) is 0 Å². The Bertz CT molecular complexity index is 117. The first-order valence-electron chi connectivity index (χ1n) is 4.00. The number of carbonyl (C=O) groups is 1. The first kappa shape index (κ1) is 10.8. The summed E-state index contributed by atoms with van der Waals surface area (Å²) in [6.45, 7) is 3.72. The van der Waals surface area contributed by atoms with E-state index >= 15 is 0 Å². The molecule has 0 saturated heterocycles. The maximum Gasteiger partial charge on any atom is 0.217 e. The van der Waals surface area contributed by atoms with Crippen LogP contribution in [0.2, 0.25) is 0 Å². The molecule has 0 aromatic heterocycles. The molecule has 0 aliphatic carbocycles. The summed E-state index contributed by atoms with van der Waals surface area (Å²) in [5.74, 6) is 0.0699. The van der Waals surface area contributed by atoms with Crippen LogP contribution in [-0.4, -0.2) is 17.5 Å². The summed E-state index contributed by atoms with van der Waals surface area (Å²) in [6, 6.07) is 0. The Kier molecular flexibility index (Phi) is 6.42. The van der Waals surface area contributed by atoms with Gasteiger partial charge < -0.3 is 5.32 Å². The summed E-state index contributed by atoms with van der Waals surface area (Å²) in [4.78, 5) is 10.7. The third-order valence-electron chi connectivity index (χ3n) is 1.47. The lowest BCUT2D eigenvalue weighted by atomic mass is 10.2. The molecule has 1 amide bonds. The third-order valence-corrected chi connectivity index (χ3v) is 2.39. The molecule has 0 bridgehead atoms. The minimum atomic E-state index is 0.0699. The SMILES string of the molecule is CCCCC(NC(C)=O)SC. The van der Waals surface area contributed by atoms with Gasteiger partial charge in [0.05, 0.1) is 5.37 Å². The van der Waals surface area contributed by atoms with Gasteiger partial charge in [0.25, 0.3) is 0 Å². The van der Waals surface area contributed by atoms with Crippen LogP contribution >= 0.6 is 11.8 Å². The van der Waals surface area contributed by atoms with Crippen LogP contribution in [0.1, 0.15) is 33.1 Å². The molecule has 2 nitrogen and oxygen atoms in total. The number of unbranched alkanes of at least 4 members (excludes halogenated alkanes) is 1. The van der Waals surface area contributed by atoms with Crippen molar-refractivity contribution in [3.63, 3.8) is 0 Å². The van der Waals surface area contributed by atoms with Crippen LogP contribution in [0.4, 0.5) is 0 Å². The van der Waals surface area contributed by atoms with Crippen molar-refractivity contribution in [3.8, 4) is 0 Å². The topological polar surface area (TPSA) is 29.1 Å². The molecule has 0 aromatic rings. The van der Waals surface area contributed by atoms with Gasteiger partial charge in [0.15, 0.2) is 0 Å². The highest BCUT2D eigenvalue weighted by Gasteiger charge is 2.05. The standard InChI is InChI=1S/C8H17NOS/c1-4-5-6-8(11-3)9-7(2)10/h8H,4-6H2,1-3H3,(H,9,10). The van der Waals surface area contributed by atoms with Crippen molar-refractivity contribution in [2.75, 3.05) is 6.26 Å². The Morgan fingerprint density at radius 2 is 2.27 bits per heavy atom. The molecule has 1 unspecified atom stereocenters. The van der Waals surface area contributed by atoms with E-state index in [9.17, 15) is 4.79 Å². The maximum absolute atomic E-state index is 10.7. The summed E-state index contributed by atoms with van der Waals surface area (Å²) in [7, 11) is 0. The molecule has 0 aliphatic heterocycles. The molecule has 11 heavy (non-hydrogen) atoms. The maximum atomic E-state index is 10.7. The number of thioether (sulfide) groups is 1. The molecular formula is C8H17NOS. The van der Waals surface area contributed by atoms with Crippen molar-refractivity contribution < 1.29 is 4.79 Å². The van der Waals surface area contributed by atoms with E-state index in [2.05, 4.69) is 12.2 Å². The second-order valence-corrected chi connectivity index (χ2v) is 3.61. The summed E-state index contributed by atoms with van der Waals surface area (Å²) in [6.07, 6.45) is 5.48. The van der Waals surface area contributed by atoms with Gasteiger partial charge in [-0.3, -0.25) is 4.79 Å². The van der Waals surface area contributed by atoms with E-state index in [0.29, 0.717) is 5.37 Å². The van der Waals surface area contributed by atoms with Crippen molar-refractivity contribution in [3.05, 3.63) is 0 Å². The Balaban J connectivity index is 3.49. The molecule has 0 rings (SSSR count). The molecule has 1 atom stereocenters. The molecular weight excluding hydrogens is 158 g/mol. The number of hydrogen-bond acceptors (Lipinski definition) is 2.